The topological polar surface area (TPSA) is 122 Å². The lowest BCUT2D eigenvalue weighted by Crippen LogP contribution is -2.43. The van der Waals surface area contributed by atoms with E-state index in [0.717, 1.165) is 5.56 Å². The third kappa shape index (κ3) is 6.70. The molecule has 0 fully saturated rings. The molecule has 9 heteroatoms. The largest absolute Gasteiger partial charge is 0.481 e. The predicted molar refractivity (Wildman–Crippen MR) is 99.7 cm³/mol. The number of aliphatic carboxylic acids is 1. The van der Waals surface area contributed by atoms with Gasteiger partial charge in [0.1, 0.15) is 5.82 Å². The molecule has 0 saturated heterocycles. The Bertz CT molecular complexity index is 830. The lowest BCUT2D eigenvalue weighted by molar-refractivity contribution is -0.139. The molecule has 0 aliphatic rings. The smallest absolute Gasteiger partial charge is 0.305 e. The Labute approximate surface area is 159 Å². The van der Waals surface area contributed by atoms with E-state index in [2.05, 4.69) is 10.3 Å². The molecule has 27 heavy (non-hydrogen) atoms. The van der Waals surface area contributed by atoms with Crippen LogP contribution < -0.4 is 11.1 Å². The minimum Gasteiger partial charge on any atom is -0.481 e. The van der Waals surface area contributed by atoms with Crippen molar-refractivity contribution in [2.24, 2.45) is 0 Å². The van der Waals surface area contributed by atoms with Gasteiger partial charge in [0, 0.05) is 18.1 Å². The normalized spacial score (nSPS) is 11.6. The minimum atomic E-state index is -1.21. The summed E-state index contributed by atoms with van der Waals surface area (Å²) in [5.74, 6) is -2.14. The number of halogens is 1. The first-order valence-electron chi connectivity index (χ1n) is 7.93. The van der Waals surface area contributed by atoms with E-state index >= 15 is 0 Å². The number of carboxylic acids is 1. The number of hydrogen-bond acceptors (Lipinski definition) is 6. The number of carbonyl (C=O) groups excluding carboxylic acids is 2. The third-order valence-electron chi connectivity index (χ3n) is 3.52. The highest BCUT2D eigenvalue weighted by Crippen LogP contribution is 2.14. The van der Waals surface area contributed by atoms with Crippen molar-refractivity contribution in [3.8, 4) is 0 Å². The third-order valence-corrected chi connectivity index (χ3v) is 4.55. The zero-order valence-corrected chi connectivity index (χ0v) is 15.0. The highest BCUT2D eigenvalue weighted by Gasteiger charge is 2.24. The van der Waals surface area contributed by atoms with Gasteiger partial charge in [0.2, 0.25) is 0 Å². The fourth-order valence-electron chi connectivity index (χ4n) is 2.19. The van der Waals surface area contributed by atoms with Crippen LogP contribution in [-0.2, 0) is 15.3 Å². The quantitative estimate of drug-likeness (QED) is 0.596. The second-order valence-corrected chi connectivity index (χ2v) is 6.70. The first-order chi connectivity index (χ1) is 12.8. The second-order valence-electron chi connectivity index (χ2n) is 5.72. The van der Waals surface area contributed by atoms with Crippen LogP contribution in [0.4, 0.5) is 10.1 Å². The van der Waals surface area contributed by atoms with Gasteiger partial charge in [-0.25, -0.2) is 4.39 Å². The van der Waals surface area contributed by atoms with E-state index in [1.54, 1.807) is 12.1 Å². The highest BCUT2D eigenvalue weighted by atomic mass is 32.2. The van der Waals surface area contributed by atoms with Crippen molar-refractivity contribution >= 4 is 35.1 Å². The molecule has 0 spiro atoms. The van der Waals surface area contributed by atoms with Gasteiger partial charge < -0.3 is 16.2 Å². The number of amides is 1. The van der Waals surface area contributed by atoms with E-state index in [1.165, 1.54) is 42.4 Å². The number of ketones is 1. The van der Waals surface area contributed by atoms with Gasteiger partial charge in [-0.2, -0.15) is 0 Å². The van der Waals surface area contributed by atoms with Gasteiger partial charge in [-0.1, -0.05) is 12.1 Å². The average Bonchev–Trinajstić information content (AvgIpc) is 2.62. The first-order valence-corrected chi connectivity index (χ1v) is 9.08. The summed E-state index contributed by atoms with van der Waals surface area (Å²) in [6.45, 7) is 0. The molecule has 0 aliphatic heterocycles. The van der Waals surface area contributed by atoms with E-state index in [9.17, 15) is 18.8 Å². The van der Waals surface area contributed by atoms with Crippen molar-refractivity contribution < 1.29 is 23.9 Å². The zero-order chi connectivity index (χ0) is 19.8. The second kappa shape index (κ2) is 9.67. The van der Waals surface area contributed by atoms with Crippen LogP contribution in [0.5, 0.6) is 0 Å². The molecular formula is C18H18FN3O4S. The number of benzene rings is 1. The fraction of sp³-hybridized carbons (Fsp3) is 0.222. The summed E-state index contributed by atoms with van der Waals surface area (Å²) in [7, 11) is 0. The molecule has 1 amide bonds. The number of hydrogen-bond donors (Lipinski definition) is 3. The number of pyridine rings is 1. The maximum atomic E-state index is 12.9. The predicted octanol–water partition coefficient (Wildman–Crippen LogP) is 1.88. The number of nitrogen functional groups attached to an aromatic ring is 1. The van der Waals surface area contributed by atoms with Crippen molar-refractivity contribution in [1.82, 2.24) is 10.3 Å². The van der Waals surface area contributed by atoms with Crippen molar-refractivity contribution in [3.05, 3.63) is 59.7 Å². The number of anilines is 1. The molecule has 0 radical (unpaired) electrons. The van der Waals surface area contributed by atoms with Gasteiger partial charge in [0.25, 0.3) is 5.91 Å². The molecule has 1 atom stereocenters. The van der Waals surface area contributed by atoms with Gasteiger partial charge in [0.15, 0.2) is 5.78 Å². The van der Waals surface area contributed by atoms with E-state index in [4.69, 9.17) is 10.8 Å². The number of nitrogens with two attached hydrogens (primary N) is 1. The van der Waals surface area contributed by atoms with Crippen LogP contribution in [0, 0.1) is 5.82 Å². The van der Waals surface area contributed by atoms with Gasteiger partial charge in [0.05, 0.1) is 29.5 Å². The van der Waals surface area contributed by atoms with Crippen molar-refractivity contribution in [2.45, 2.75) is 18.2 Å². The number of carbonyl (C=O) groups is 3. The molecule has 0 bridgehead atoms. The molecule has 0 aliphatic carbocycles. The van der Waals surface area contributed by atoms with Crippen LogP contribution in [-0.4, -0.2) is 39.5 Å². The lowest BCUT2D eigenvalue weighted by Gasteiger charge is -2.16. The van der Waals surface area contributed by atoms with Gasteiger partial charge in [-0.3, -0.25) is 19.4 Å². The van der Waals surface area contributed by atoms with E-state index in [-0.39, 0.29) is 22.8 Å². The number of nitrogens with one attached hydrogen (secondary N) is 1. The summed E-state index contributed by atoms with van der Waals surface area (Å²) in [6, 6.07) is 6.08. The number of Topliss-reactive ketones (excluding diaryl/α,β-unsaturated/α-hetero) is 1. The Balaban J connectivity index is 1.95. The first kappa shape index (κ1) is 20.4. The van der Waals surface area contributed by atoms with Crippen LogP contribution in [0.25, 0.3) is 0 Å². The molecule has 0 unspecified atom stereocenters. The number of carboxylic acid groups (broad SMARTS) is 1. The Morgan fingerprint density at radius 1 is 1.22 bits per heavy atom. The van der Waals surface area contributed by atoms with E-state index in [0.29, 0.717) is 5.75 Å². The molecule has 142 valence electrons. The molecule has 2 aromatic rings. The van der Waals surface area contributed by atoms with Crippen molar-refractivity contribution in [2.75, 3.05) is 11.5 Å². The van der Waals surface area contributed by atoms with Crippen LogP contribution in [0.2, 0.25) is 0 Å². The molecule has 1 aromatic heterocycles. The minimum absolute atomic E-state index is 0.00474. The molecule has 1 aromatic carbocycles. The summed E-state index contributed by atoms with van der Waals surface area (Å²) in [5, 5.41) is 11.4. The molecule has 0 saturated carbocycles. The number of thioether (sulfide) groups is 1. The summed E-state index contributed by atoms with van der Waals surface area (Å²) >= 11 is 1.25. The SMILES string of the molecule is Nc1cncc(C(=O)N[C@@H](CC(=O)O)C(=O)CSCc2ccc(F)cc2)c1. The number of nitrogens with zero attached hydrogens (tertiary/aromatic N) is 1. The molecule has 7 nitrogen and oxygen atoms in total. The van der Waals surface area contributed by atoms with E-state index < -0.39 is 30.1 Å². The maximum absolute atomic E-state index is 12.9. The van der Waals surface area contributed by atoms with Crippen LogP contribution in [0.1, 0.15) is 22.3 Å². The average molecular weight is 391 g/mol. The Morgan fingerprint density at radius 2 is 1.93 bits per heavy atom. The molecule has 2 rings (SSSR count). The van der Waals surface area contributed by atoms with Crippen molar-refractivity contribution in [3.63, 3.8) is 0 Å². The van der Waals surface area contributed by atoms with Crippen molar-refractivity contribution in [1.29, 1.82) is 0 Å². The van der Waals surface area contributed by atoms with Crippen LogP contribution >= 0.6 is 11.8 Å². The number of rotatable bonds is 9. The van der Waals surface area contributed by atoms with Gasteiger partial charge >= 0.3 is 5.97 Å². The Morgan fingerprint density at radius 3 is 2.56 bits per heavy atom. The molecule has 1 heterocycles. The lowest BCUT2D eigenvalue weighted by atomic mass is 10.1. The monoisotopic (exact) mass is 391 g/mol. The van der Waals surface area contributed by atoms with Gasteiger partial charge in [-0.05, 0) is 23.8 Å². The Kier molecular flexibility index (Phi) is 7.30. The standard InChI is InChI=1S/C18H18FN3O4S/c19-13-3-1-11(2-4-13)9-27-10-16(23)15(6-17(24)25)22-18(26)12-5-14(20)8-21-7-12/h1-5,7-8,15H,6,9-10,20H2,(H,22,26)(H,24,25)/t15-/m0/s1. The van der Waals surface area contributed by atoms with Gasteiger partial charge in [-0.15, -0.1) is 11.8 Å². The summed E-state index contributed by atoms with van der Waals surface area (Å²) in [4.78, 5) is 39.4. The fourth-order valence-corrected chi connectivity index (χ4v) is 3.13. The summed E-state index contributed by atoms with van der Waals surface area (Å²) < 4.78 is 12.9. The highest BCUT2D eigenvalue weighted by molar-refractivity contribution is 7.99. The number of aromatic nitrogens is 1. The Hall–Kier alpha value is -2.94. The maximum Gasteiger partial charge on any atom is 0.305 e. The van der Waals surface area contributed by atoms with E-state index in [1.807, 2.05) is 0 Å². The molecular weight excluding hydrogens is 373 g/mol. The zero-order valence-electron chi connectivity index (χ0n) is 14.2. The van der Waals surface area contributed by atoms with Crippen LogP contribution in [0.15, 0.2) is 42.7 Å². The molecule has 4 N–H and O–H groups in total. The summed E-state index contributed by atoms with van der Waals surface area (Å²) in [5.41, 5.74) is 6.81. The van der Waals surface area contributed by atoms with Crippen LogP contribution in [0.3, 0.4) is 0 Å². The summed E-state index contributed by atoms with van der Waals surface area (Å²) in [6.07, 6.45) is 2.11.